The Morgan fingerprint density at radius 2 is 2.22 bits per heavy atom. The highest BCUT2D eigenvalue weighted by atomic mass is 35.5. The molecule has 0 amide bonds. The number of oxazole rings is 1. The van der Waals surface area contributed by atoms with Crippen LogP contribution in [0.15, 0.2) is 34.9 Å². The molecule has 5 nitrogen and oxygen atoms in total. The van der Waals surface area contributed by atoms with E-state index >= 15 is 0 Å². The molecule has 0 aliphatic heterocycles. The lowest BCUT2D eigenvalue weighted by Crippen LogP contribution is -2.01. The van der Waals surface area contributed by atoms with Gasteiger partial charge in [-0.2, -0.15) is 0 Å². The number of ether oxygens (including phenoxy) is 1. The zero-order valence-electron chi connectivity index (χ0n) is 9.30. The van der Waals surface area contributed by atoms with Gasteiger partial charge in [0.25, 0.3) is 0 Å². The first-order valence-corrected chi connectivity index (χ1v) is 5.55. The van der Waals surface area contributed by atoms with E-state index in [0.29, 0.717) is 22.4 Å². The molecule has 1 heterocycles. The summed E-state index contributed by atoms with van der Waals surface area (Å²) in [4.78, 5) is 14.5. The highest BCUT2D eigenvalue weighted by Gasteiger charge is 2.09. The molecule has 0 bridgehead atoms. The Labute approximate surface area is 108 Å². The van der Waals surface area contributed by atoms with Gasteiger partial charge in [0.15, 0.2) is 6.61 Å². The molecule has 0 saturated carbocycles. The van der Waals surface area contributed by atoms with Crippen LogP contribution in [0.1, 0.15) is 11.6 Å². The Kier molecular flexibility index (Phi) is 3.84. The Morgan fingerprint density at radius 3 is 2.94 bits per heavy atom. The molecule has 18 heavy (non-hydrogen) atoms. The fraction of sp³-hybridized carbons (Fsp3) is 0.167. The van der Waals surface area contributed by atoms with E-state index in [9.17, 15) is 4.79 Å². The number of aliphatic carboxylic acids is 1. The van der Waals surface area contributed by atoms with Crippen molar-refractivity contribution in [2.75, 3.05) is 0 Å². The molecular formula is C12H10ClNO4. The van der Waals surface area contributed by atoms with Crippen molar-refractivity contribution in [2.24, 2.45) is 0 Å². The second-order valence-electron chi connectivity index (χ2n) is 3.52. The van der Waals surface area contributed by atoms with Gasteiger partial charge >= 0.3 is 5.97 Å². The normalized spacial score (nSPS) is 10.3. The molecular weight excluding hydrogens is 258 g/mol. The fourth-order valence-corrected chi connectivity index (χ4v) is 1.54. The molecule has 1 N–H and O–H groups in total. The van der Waals surface area contributed by atoms with Gasteiger partial charge in [0, 0.05) is 0 Å². The van der Waals surface area contributed by atoms with Crippen LogP contribution in [0.4, 0.5) is 0 Å². The molecule has 1 aromatic carbocycles. The molecule has 94 valence electrons. The predicted octanol–water partition coefficient (Wildman–Crippen LogP) is 2.53. The number of carboxylic acids is 1. The van der Waals surface area contributed by atoms with E-state index in [1.807, 2.05) is 0 Å². The Hall–Kier alpha value is -2.01. The lowest BCUT2D eigenvalue weighted by Gasteiger charge is -2.04. The third kappa shape index (κ3) is 3.24. The molecule has 0 spiro atoms. The average molecular weight is 268 g/mol. The Bertz CT molecular complexity index is 553. The fourth-order valence-electron chi connectivity index (χ4n) is 1.35. The zero-order valence-corrected chi connectivity index (χ0v) is 10.1. The summed E-state index contributed by atoms with van der Waals surface area (Å²) in [7, 11) is 0. The van der Waals surface area contributed by atoms with Crippen molar-refractivity contribution in [3.05, 3.63) is 47.1 Å². The Morgan fingerprint density at radius 1 is 1.44 bits per heavy atom. The summed E-state index contributed by atoms with van der Waals surface area (Å²) >= 11 is 5.91. The first-order valence-electron chi connectivity index (χ1n) is 5.17. The number of nitrogens with zero attached hydrogens (tertiary/aromatic N) is 1. The van der Waals surface area contributed by atoms with E-state index < -0.39 is 5.97 Å². The van der Waals surface area contributed by atoms with E-state index in [0.717, 1.165) is 0 Å². The molecule has 6 heteroatoms. The summed E-state index contributed by atoms with van der Waals surface area (Å²) in [5.41, 5.74) is 0.361. The predicted molar refractivity (Wildman–Crippen MR) is 63.6 cm³/mol. The largest absolute Gasteiger partial charge is 0.482 e. The van der Waals surface area contributed by atoms with Gasteiger partial charge in [0.2, 0.25) is 5.89 Å². The highest BCUT2D eigenvalue weighted by Crippen LogP contribution is 2.23. The van der Waals surface area contributed by atoms with Crippen LogP contribution < -0.4 is 4.74 Å². The van der Waals surface area contributed by atoms with Crippen LogP contribution in [-0.2, 0) is 17.8 Å². The number of rotatable bonds is 5. The molecule has 0 aliphatic rings. The minimum atomic E-state index is -0.957. The number of hydrogen-bond acceptors (Lipinski definition) is 4. The summed E-state index contributed by atoms with van der Waals surface area (Å²) in [5.74, 6) is -0.120. The second kappa shape index (κ2) is 5.55. The number of carbonyl (C=O) groups is 1. The average Bonchev–Trinajstić information content (AvgIpc) is 2.75. The highest BCUT2D eigenvalue weighted by molar-refractivity contribution is 6.32. The molecule has 0 unspecified atom stereocenters. The summed E-state index contributed by atoms with van der Waals surface area (Å²) < 4.78 is 10.5. The quantitative estimate of drug-likeness (QED) is 0.901. The lowest BCUT2D eigenvalue weighted by atomic mass is 10.3. The van der Waals surface area contributed by atoms with E-state index in [2.05, 4.69) is 4.98 Å². The smallest absolute Gasteiger partial charge is 0.309 e. The van der Waals surface area contributed by atoms with Crippen molar-refractivity contribution < 1.29 is 19.1 Å². The molecule has 1 aromatic heterocycles. The van der Waals surface area contributed by atoms with Gasteiger partial charge in [0.1, 0.15) is 12.0 Å². The van der Waals surface area contributed by atoms with Crippen LogP contribution in [0.2, 0.25) is 5.02 Å². The van der Waals surface area contributed by atoms with Crippen LogP contribution in [0.3, 0.4) is 0 Å². The maximum Gasteiger partial charge on any atom is 0.309 e. The Balaban J connectivity index is 1.96. The van der Waals surface area contributed by atoms with Crippen LogP contribution in [0.25, 0.3) is 0 Å². The van der Waals surface area contributed by atoms with Crippen molar-refractivity contribution in [1.29, 1.82) is 0 Å². The van der Waals surface area contributed by atoms with E-state index in [1.165, 1.54) is 6.26 Å². The van der Waals surface area contributed by atoms with Crippen molar-refractivity contribution in [1.82, 2.24) is 4.98 Å². The van der Waals surface area contributed by atoms with Crippen molar-refractivity contribution in [3.63, 3.8) is 0 Å². The monoisotopic (exact) mass is 267 g/mol. The molecule has 2 aromatic rings. The number of hydrogen-bond donors (Lipinski definition) is 1. The lowest BCUT2D eigenvalue weighted by molar-refractivity contribution is -0.136. The number of carboxylic acid groups (broad SMARTS) is 1. The first kappa shape index (κ1) is 12.4. The summed E-state index contributed by atoms with van der Waals surface area (Å²) in [6.45, 7) is 0.101. The maximum absolute atomic E-state index is 10.5. The van der Waals surface area contributed by atoms with Crippen molar-refractivity contribution >= 4 is 17.6 Å². The van der Waals surface area contributed by atoms with E-state index in [4.69, 9.17) is 25.9 Å². The number of halogens is 1. The molecule has 0 radical (unpaired) electrons. The van der Waals surface area contributed by atoms with E-state index in [-0.39, 0.29) is 13.0 Å². The third-order valence-corrected chi connectivity index (χ3v) is 2.43. The summed E-state index contributed by atoms with van der Waals surface area (Å²) in [6.07, 6.45) is 1.13. The molecule has 0 fully saturated rings. The minimum Gasteiger partial charge on any atom is -0.482 e. The van der Waals surface area contributed by atoms with Crippen LogP contribution >= 0.6 is 11.6 Å². The zero-order chi connectivity index (χ0) is 13.0. The topological polar surface area (TPSA) is 72.6 Å². The maximum atomic E-state index is 10.5. The summed E-state index contributed by atoms with van der Waals surface area (Å²) in [5, 5.41) is 9.09. The molecule has 2 rings (SSSR count). The first-order chi connectivity index (χ1) is 8.65. The summed E-state index contributed by atoms with van der Waals surface area (Å²) in [6, 6.07) is 7.03. The van der Waals surface area contributed by atoms with Crippen molar-refractivity contribution in [2.45, 2.75) is 13.0 Å². The van der Waals surface area contributed by atoms with Gasteiger partial charge in [-0.25, -0.2) is 4.98 Å². The van der Waals surface area contributed by atoms with Crippen molar-refractivity contribution in [3.8, 4) is 5.75 Å². The van der Waals surface area contributed by atoms with Crippen LogP contribution in [0, 0.1) is 0 Å². The SMILES string of the molecule is O=C(O)Cc1coc(COc2ccccc2Cl)n1. The molecule has 0 atom stereocenters. The third-order valence-electron chi connectivity index (χ3n) is 2.12. The minimum absolute atomic E-state index is 0.101. The van der Waals surface area contributed by atoms with Gasteiger partial charge < -0.3 is 14.3 Å². The van der Waals surface area contributed by atoms with E-state index in [1.54, 1.807) is 24.3 Å². The standard InChI is InChI=1S/C12H10ClNO4/c13-9-3-1-2-4-10(9)17-7-11-14-8(6-18-11)5-12(15)16/h1-4,6H,5,7H2,(H,15,16). The molecule has 0 saturated heterocycles. The number of benzene rings is 1. The van der Waals surface area contributed by atoms with Gasteiger partial charge in [-0.05, 0) is 12.1 Å². The second-order valence-corrected chi connectivity index (χ2v) is 3.93. The van der Waals surface area contributed by atoms with Gasteiger partial charge in [-0.15, -0.1) is 0 Å². The number of para-hydroxylation sites is 1. The van der Waals surface area contributed by atoms with Gasteiger partial charge in [-0.3, -0.25) is 4.79 Å². The molecule has 0 aliphatic carbocycles. The van der Waals surface area contributed by atoms with Crippen LogP contribution in [-0.4, -0.2) is 16.1 Å². The van der Waals surface area contributed by atoms with Crippen LogP contribution in [0.5, 0.6) is 5.75 Å². The number of aromatic nitrogens is 1. The van der Waals surface area contributed by atoms with Gasteiger partial charge in [0.05, 0.1) is 17.1 Å². The van der Waals surface area contributed by atoms with Gasteiger partial charge in [-0.1, -0.05) is 23.7 Å².